The summed E-state index contributed by atoms with van der Waals surface area (Å²) in [5.41, 5.74) is 0.510. The average molecular weight is 721 g/mol. The highest BCUT2D eigenvalue weighted by atomic mass is 19.1. The number of hydrogen-bond acceptors (Lipinski definition) is 6. The van der Waals surface area contributed by atoms with Crippen molar-refractivity contribution in [1.82, 2.24) is 20.2 Å². The number of likely N-dealkylation sites (tertiary alicyclic amines) is 1. The lowest BCUT2D eigenvalue weighted by Gasteiger charge is -2.38. The Labute approximate surface area is 300 Å². The first-order valence-corrected chi connectivity index (χ1v) is 18.1. The van der Waals surface area contributed by atoms with E-state index >= 15 is 17.6 Å². The van der Waals surface area contributed by atoms with Gasteiger partial charge in [-0.05, 0) is 61.4 Å². The molecule has 3 fully saturated rings. The van der Waals surface area contributed by atoms with Crippen molar-refractivity contribution in [3.8, 4) is 0 Å². The number of fused-ring (bicyclic) bond motifs is 1. The molecule has 3 atom stereocenters. The first-order valence-electron chi connectivity index (χ1n) is 18.1. The number of carbonyl (C=O) groups excluding carboxylic acids is 2. The highest BCUT2D eigenvalue weighted by molar-refractivity contribution is 5.86. The molecular weight excluding hydrogens is 676 g/mol. The number of aromatic amines is 1. The third kappa shape index (κ3) is 6.65. The second kappa shape index (κ2) is 14.3. The van der Waals surface area contributed by atoms with Crippen LogP contribution in [0.3, 0.4) is 0 Å². The summed E-state index contributed by atoms with van der Waals surface area (Å²) in [5.74, 6) is -1.86. The molecule has 1 aromatic heterocycles. The van der Waals surface area contributed by atoms with E-state index in [0.29, 0.717) is 66.0 Å². The lowest BCUT2D eigenvalue weighted by Crippen LogP contribution is -2.51. The van der Waals surface area contributed by atoms with Crippen molar-refractivity contribution < 1.29 is 31.9 Å². The van der Waals surface area contributed by atoms with Crippen LogP contribution in [0.1, 0.15) is 81.4 Å². The van der Waals surface area contributed by atoms with Crippen LogP contribution in [0, 0.1) is 23.4 Å². The van der Waals surface area contributed by atoms with E-state index < -0.39 is 41.3 Å². The number of aromatic nitrogens is 2. The Morgan fingerprint density at radius 3 is 2.27 bits per heavy atom. The summed E-state index contributed by atoms with van der Waals surface area (Å²) < 4.78 is 67.8. The van der Waals surface area contributed by atoms with Crippen LogP contribution in [0.2, 0.25) is 0 Å². The number of alkyl carbamates (subject to hydrolysis) is 1. The predicted molar refractivity (Wildman–Crippen MR) is 190 cm³/mol. The van der Waals surface area contributed by atoms with Crippen molar-refractivity contribution in [1.29, 1.82) is 0 Å². The van der Waals surface area contributed by atoms with Gasteiger partial charge in [0.05, 0.1) is 30.2 Å². The van der Waals surface area contributed by atoms with Gasteiger partial charge in [0.25, 0.3) is 0 Å². The standard InChI is InChI=1S/C39H44F4N6O3/c1-23(2)34(46-38(51)52-3)37(50)49-16-8-12-33(49)36-44-30-21-26(27(40)22-31(30)45-36)32-11-7-15-48(32)25-19-28(41)35(29(42)20-25)47-17-13-39(43,14-18-47)24-9-5-4-6-10-24/h4-6,9-10,19-23,32-34H,7-8,11-18H2,1-3H3,(H,44,45)(H,46,51)/t32-,33+,34?/m1/s1. The van der Waals surface area contributed by atoms with Gasteiger partial charge in [-0.15, -0.1) is 0 Å². The maximum Gasteiger partial charge on any atom is 0.407 e. The molecule has 276 valence electrons. The number of halogens is 4. The Kier molecular flexibility index (Phi) is 9.79. The Bertz CT molecular complexity index is 1920. The lowest BCUT2D eigenvalue weighted by molar-refractivity contribution is -0.135. The zero-order chi connectivity index (χ0) is 36.7. The van der Waals surface area contributed by atoms with Crippen molar-refractivity contribution in [2.75, 3.05) is 43.1 Å². The number of carbonyl (C=O) groups is 2. The van der Waals surface area contributed by atoms with Crippen molar-refractivity contribution in [3.05, 3.63) is 89.0 Å². The Balaban J connectivity index is 1.10. The molecule has 7 rings (SSSR count). The fourth-order valence-corrected chi connectivity index (χ4v) is 8.20. The topological polar surface area (TPSA) is 93.8 Å². The lowest BCUT2D eigenvalue weighted by atomic mass is 9.86. The maximum atomic E-state index is 15.9. The van der Waals surface area contributed by atoms with Gasteiger partial charge >= 0.3 is 6.09 Å². The molecule has 0 saturated carbocycles. The van der Waals surface area contributed by atoms with Crippen molar-refractivity contribution in [2.24, 2.45) is 5.92 Å². The van der Waals surface area contributed by atoms with Crippen LogP contribution < -0.4 is 15.1 Å². The molecule has 1 unspecified atom stereocenters. The normalized spacial score (nSPS) is 20.9. The summed E-state index contributed by atoms with van der Waals surface area (Å²) in [5, 5.41) is 2.64. The highest BCUT2D eigenvalue weighted by Crippen LogP contribution is 2.43. The van der Waals surface area contributed by atoms with Gasteiger partial charge in [-0.2, -0.15) is 0 Å². The quantitative estimate of drug-likeness (QED) is 0.180. The van der Waals surface area contributed by atoms with Gasteiger partial charge in [-0.25, -0.2) is 27.3 Å². The Hall–Kier alpha value is -4.81. The summed E-state index contributed by atoms with van der Waals surface area (Å²) in [7, 11) is 1.25. The number of H-pyrrole nitrogens is 1. The van der Waals surface area contributed by atoms with Crippen molar-refractivity contribution >= 4 is 34.4 Å². The zero-order valence-electron chi connectivity index (χ0n) is 29.6. The van der Waals surface area contributed by atoms with E-state index in [9.17, 15) is 9.59 Å². The number of methoxy groups -OCH3 is 1. The zero-order valence-corrected chi connectivity index (χ0v) is 29.6. The molecular formula is C39H44F4N6O3. The minimum absolute atomic E-state index is 0.114. The number of anilines is 2. The minimum atomic E-state index is -1.55. The fraction of sp³-hybridized carbons (Fsp3) is 0.462. The van der Waals surface area contributed by atoms with Gasteiger partial charge in [-0.3, -0.25) is 4.79 Å². The van der Waals surface area contributed by atoms with E-state index in [1.54, 1.807) is 40.1 Å². The van der Waals surface area contributed by atoms with Crippen LogP contribution in [0.15, 0.2) is 54.6 Å². The second-order valence-corrected chi connectivity index (χ2v) is 14.5. The predicted octanol–water partition coefficient (Wildman–Crippen LogP) is 7.83. The number of ether oxygens (including phenoxy) is 1. The Morgan fingerprint density at radius 2 is 1.60 bits per heavy atom. The van der Waals surface area contributed by atoms with E-state index in [4.69, 9.17) is 9.72 Å². The molecule has 0 aliphatic carbocycles. The van der Waals surface area contributed by atoms with Gasteiger partial charge in [0.15, 0.2) is 11.6 Å². The molecule has 9 nitrogen and oxygen atoms in total. The molecule has 3 aromatic carbocycles. The molecule has 0 radical (unpaired) electrons. The van der Waals surface area contributed by atoms with Crippen LogP contribution in [0.4, 0.5) is 33.7 Å². The van der Waals surface area contributed by atoms with Gasteiger partial charge in [0.1, 0.15) is 29.0 Å². The monoisotopic (exact) mass is 720 g/mol. The number of piperidine rings is 1. The third-order valence-electron chi connectivity index (χ3n) is 11.0. The Morgan fingerprint density at radius 1 is 0.923 bits per heavy atom. The molecule has 0 spiro atoms. The summed E-state index contributed by atoms with van der Waals surface area (Å²) >= 11 is 0. The van der Waals surface area contributed by atoms with Crippen LogP contribution in [0.5, 0.6) is 0 Å². The SMILES string of the molecule is COC(=O)NC(C(=O)N1CCC[C@H]1c1nc2cc([C@H]3CCCN3c3cc(F)c(N4CCC(F)(c5ccccc5)CC4)c(F)c3)c(F)cc2[nH]1)C(C)C. The summed E-state index contributed by atoms with van der Waals surface area (Å²) in [6.45, 7) is 4.98. The number of alkyl halides is 1. The minimum Gasteiger partial charge on any atom is -0.453 e. The largest absolute Gasteiger partial charge is 0.453 e. The molecule has 2 amide bonds. The van der Waals surface area contributed by atoms with E-state index in [2.05, 4.69) is 10.3 Å². The number of nitrogens with one attached hydrogen (secondary N) is 2. The van der Waals surface area contributed by atoms with Crippen LogP contribution in [-0.4, -0.2) is 66.2 Å². The molecule has 0 bridgehead atoms. The number of rotatable bonds is 8. The van der Waals surface area contributed by atoms with E-state index in [1.807, 2.05) is 24.8 Å². The molecule has 52 heavy (non-hydrogen) atoms. The third-order valence-corrected chi connectivity index (χ3v) is 11.0. The van der Waals surface area contributed by atoms with Crippen molar-refractivity contribution in [3.63, 3.8) is 0 Å². The molecule has 3 aliphatic heterocycles. The fourth-order valence-electron chi connectivity index (χ4n) is 8.20. The smallest absolute Gasteiger partial charge is 0.407 e. The number of nitrogens with zero attached hydrogens (tertiary/aromatic N) is 4. The molecule has 13 heteroatoms. The van der Waals surface area contributed by atoms with Crippen LogP contribution in [0.25, 0.3) is 11.0 Å². The summed E-state index contributed by atoms with van der Waals surface area (Å²) in [4.78, 5) is 38.7. The van der Waals surface area contributed by atoms with E-state index in [0.717, 1.165) is 6.42 Å². The van der Waals surface area contributed by atoms with Gasteiger partial charge in [0, 0.05) is 50.3 Å². The molecule has 4 heterocycles. The molecule has 3 saturated heterocycles. The van der Waals surface area contributed by atoms with Crippen molar-refractivity contribution in [2.45, 2.75) is 76.2 Å². The average Bonchev–Trinajstić information content (AvgIpc) is 3.90. The van der Waals surface area contributed by atoms with Gasteiger partial charge in [-0.1, -0.05) is 44.2 Å². The highest BCUT2D eigenvalue weighted by Gasteiger charge is 2.39. The van der Waals surface area contributed by atoms with E-state index in [1.165, 1.54) is 25.3 Å². The number of imidazole rings is 1. The number of benzene rings is 3. The summed E-state index contributed by atoms with van der Waals surface area (Å²) in [6, 6.07) is 12.9. The van der Waals surface area contributed by atoms with Gasteiger partial charge in [0.2, 0.25) is 5.91 Å². The number of amides is 2. The maximum absolute atomic E-state index is 15.9. The van der Waals surface area contributed by atoms with Gasteiger partial charge < -0.3 is 29.7 Å². The first kappa shape index (κ1) is 35.6. The van der Waals surface area contributed by atoms with Crippen LogP contribution >= 0.6 is 0 Å². The molecule has 4 aromatic rings. The molecule has 2 N–H and O–H groups in total. The summed E-state index contributed by atoms with van der Waals surface area (Å²) in [6.07, 6.45) is 2.19. The first-order chi connectivity index (χ1) is 25.0. The number of hydrogen-bond donors (Lipinski definition) is 2. The second-order valence-electron chi connectivity index (χ2n) is 14.5. The van der Waals surface area contributed by atoms with E-state index in [-0.39, 0.29) is 49.5 Å². The van der Waals surface area contributed by atoms with Crippen LogP contribution in [-0.2, 0) is 15.2 Å². The molecule has 3 aliphatic rings.